The summed E-state index contributed by atoms with van der Waals surface area (Å²) < 4.78 is 0. The molecule has 2 fully saturated rings. The Morgan fingerprint density at radius 3 is 2.91 bits per heavy atom. The predicted molar refractivity (Wildman–Crippen MR) is 43.4 cm³/mol. The second kappa shape index (κ2) is 2.94. The molecule has 1 aliphatic heterocycles. The van der Waals surface area contributed by atoms with Gasteiger partial charge >= 0.3 is 0 Å². The molecule has 1 N–H and O–H groups in total. The van der Waals surface area contributed by atoms with Gasteiger partial charge in [-0.1, -0.05) is 12.8 Å². The maximum atomic E-state index is 11.4. The summed E-state index contributed by atoms with van der Waals surface area (Å²) in [5.74, 6) is 0.881. The Morgan fingerprint density at radius 1 is 1.27 bits per heavy atom. The van der Waals surface area contributed by atoms with Crippen LogP contribution in [0, 0.1) is 5.92 Å². The van der Waals surface area contributed by atoms with Gasteiger partial charge in [0.05, 0.1) is 0 Å². The van der Waals surface area contributed by atoms with Crippen molar-refractivity contribution in [2.45, 2.75) is 38.1 Å². The van der Waals surface area contributed by atoms with Crippen LogP contribution in [0.2, 0.25) is 0 Å². The summed E-state index contributed by atoms with van der Waals surface area (Å²) in [7, 11) is 0. The molecule has 1 heterocycles. The molecule has 2 atom stereocenters. The lowest BCUT2D eigenvalue weighted by molar-refractivity contribution is -0.126. The number of carbonyl (C=O) groups excluding carboxylic acids is 1. The number of piperidine rings is 1. The average molecular weight is 153 g/mol. The van der Waals surface area contributed by atoms with Crippen LogP contribution in [-0.4, -0.2) is 18.4 Å². The van der Waals surface area contributed by atoms with Crippen molar-refractivity contribution >= 4 is 5.78 Å². The monoisotopic (exact) mass is 153 g/mol. The molecular weight excluding hydrogens is 138 g/mol. The van der Waals surface area contributed by atoms with Crippen LogP contribution in [0.1, 0.15) is 32.1 Å². The van der Waals surface area contributed by atoms with E-state index < -0.39 is 0 Å². The Morgan fingerprint density at radius 2 is 2.09 bits per heavy atom. The van der Waals surface area contributed by atoms with E-state index in [-0.39, 0.29) is 0 Å². The zero-order chi connectivity index (χ0) is 7.68. The molecule has 0 aromatic heterocycles. The van der Waals surface area contributed by atoms with Gasteiger partial charge in [0.1, 0.15) is 5.78 Å². The lowest BCUT2D eigenvalue weighted by atomic mass is 9.79. The molecule has 2 aliphatic rings. The minimum atomic E-state index is 0.373. The summed E-state index contributed by atoms with van der Waals surface area (Å²) >= 11 is 0. The molecule has 0 aromatic carbocycles. The Hall–Kier alpha value is -0.370. The van der Waals surface area contributed by atoms with Crippen LogP contribution in [-0.2, 0) is 4.79 Å². The molecule has 0 unspecified atom stereocenters. The smallest absolute Gasteiger partial charge is 0.138 e. The maximum Gasteiger partial charge on any atom is 0.138 e. The highest BCUT2D eigenvalue weighted by molar-refractivity contribution is 5.82. The first-order valence-corrected chi connectivity index (χ1v) is 4.64. The molecule has 1 saturated carbocycles. The largest absolute Gasteiger partial charge is 0.313 e. The summed E-state index contributed by atoms with van der Waals surface area (Å²) in [6.07, 6.45) is 5.68. The molecule has 0 amide bonds. The number of Topliss-reactive ketones (excluding diaryl/α,β-unsaturated/α-hetero) is 1. The SMILES string of the molecule is O=C1CCN[C@H]2CCCC[C@H]12. The van der Waals surface area contributed by atoms with Crippen molar-refractivity contribution < 1.29 is 4.79 Å². The van der Waals surface area contributed by atoms with Crippen molar-refractivity contribution in [2.24, 2.45) is 5.92 Å². The number of hydrogen-bond donors (Lipinski definition) is 1. The van der Waals surface area contributed by atoms with Crippen molar-refractivity contribution in [3.05, 3.63) is 0 Å². The van der Waals surface area contributed by atoms with Crippen LogP contribution in [0.3, 0.4) is 0 Å². The standard InChI is InChI=1S/C9H15NO/c11-9-5-6-10-8-4-2-1-3-7(8)9/h7-8,10H,1-6H2/t7-,8-/m0/s1. The fourth-order valence-electron chi connectivity index (χ4n) is 2.33. The Kier molecular flexibility index (Phi) is 1.95. The average Bonchev–Trinajstić information content (AvgIpc) is 2.06. The first-order valence-electron chi connectivity index (χ1n) is 4.64. The molecule has 0 spiro atoms. The third-order valence-electron chi connectivity index (χ3n) is 2.96. The van der Waals surface area contributed by atoms with E-state index in [0.717, 1.165) is 19.4 Å². The minimum Gasteiger partial charge on any atom is -0.313 e. The molecule has 2 rings (SSSR count). The number of nitrogens with one attached hydrogen (secondary N) is 1. The second-order valence-electron chi connectivity index (χ2n) is 3.67. The van der Waals surface area contributed by atoms with E-state index in [9.17, 15) is 4.79 Å². The lowest BCUT2D eigenvalue weighted by Crippen LogP contribution is -2.47. The van der Waals surface area contributed by atoms with Gasteiger partial charge in [-0.25, -0.2) is 0 Å². The van der Waals surface area contributed by atoms with Crippen LogP contribution in [0.25, 0.3) is 0 Å². The van der Waals surface area contributed by atoms with Gasteiger partial charge in [-0.2, -0.15) is 0 Å². The summed E-state index contributed by atoms with van der Waals surface area (Å²) in [5.41, 5.74) is 0. The van der Waals surface area contributed by atoms with Gasteiger partial charge in [-0.05, 0) is 12.8 Å². The quantitative estimate of drug-likeness (QED) is 0.564. The Labute approximate surface area is 67.4 Å². The summed E-state index contributed by atoms with van der Waals surface area (Å²) in [5, 5.41) is 3.43. The number of fused-ring (bicyclic) bond motifs is 1. The fraction of sp³-hybridized carbons (Fsp3) is 0.889. The van der Waals surface area contributed by atoms with Gasteiger partial charge in [0.25, 0.3) is 0 Å². The number of carbonyl (C=O) groups is 1. The van der Waals surface area contributed by atoms with E-state index in [2.05, 4.69) is 5.32 Å². The molecule has 62 valence electrons. The normalized spacial score (nSPS) is 38.4. The zero-order valence-electron chi connectivity index (χ0n) is 6.81. The predicted octanol–water partition coefficient (Wildman–Crippen LogP) is 1.11. The molecule has 0 bridgehead atoms. The lowest BCUT2D eigenvalue weighted by Gasteiger charge is -2.34. The summed E-state index contributed by atoms with van der Waals surface area (Å²) in [6.45, 7) is 0.917. The van der Waals surface area contributed by atoms with Gasteiger partial charge in [0.2, 0.25) is 0 Å². The molecule has 2 heteroatoms. The molecule has 1 aliphatic carbocycles. The van der Waals surface area contributed by atoms with Crippen molar-refractivity contribution in [3.8, 4) is 0 Å². The minimum absolute atomic E-state index is 0.373. The van der Waals surface area contributed by atoms with Crippen LogP contribution in [0.15, 0.2) is 0 Å². The van der Waals surface area contributed by atoms with Gasteiger partial charge in [-0.3, -0.25) is 4.79 Å². The van der Waals surface area contributed by atoms with E-state index in [0.29, 0.717) is 17.7 Å². The van der Waals surface area contributed by atoms with Crippen LogP contribution in [0.5, 0.6) is 0 Å². The highest BCUT2D eigenvalue weighted by Crippen LogP contribution is 2.27. The first kappa shape index (κ1) is 7.29. The highest BCUT2D eigenvalue weighted by Gasteiger charge is 2.32. The summed E-state index contributed by atoms with van der Waals surface area (Å²) in [4.78, 5) is 11.4. The second-order valence-corrected chi connectivity index (χ2v) is 3.67. The van der Waals surface area contributed by atoms with E-state index in [1.807, 2.05) is 0 Å². The van der Waals surface area contributed by atoms with Crippen LogP contribution >= 0.6 is 0 Å². The van der Waals surface area contributed by atoms with E-state index in [1.165, 1.54) is 19.3 Å². The van der Waals surface area contributed by atoms with E-state index >= 15 is 0 Å². The maximum absolute atomic E-state index is 11.4. The highest BCUT2D eigenvalue weighted by atomic mass is 16.1. The molecule has 11 heavy (non-hydrogen) atoms. The molecule has 2 nitrogen and oxygen atoms in total. The van der Waals surface area contributed by atoms with Crippen molar-refractivity contribution in [3.63, 3.8) is 0 Å². The van der Waals surface area contributed by atoms with Crippen LogP contribution in [0.4, 0.5) is 0 Å². The van der Waals surface area contributed by atoms with Crippen LogP contribution < -0.4 is 5.32 Å². The van der Waals surface area contributed by atoms with Gasteiger partial charge < -0.3 is 5.32 Å². The third kappa shape index (κ3) is 1.32. The molecule has 1 saturated heterocycles. The van der Waals surface area contributed by atoms with E-state index in [4.69, 9.17) is 0 Å². The number of hydrogen-bond acceptors (Lipinski definition) is 2. The Bertz CT molecular complexity index is 165. The summed E-state index contributed by atoms with van der Waals surface area (Å²) in [6, 6.07) is 0.532. The number of rotatable bonds is 0. The third-order valence-corrected chi connectivity index (χ3v) is 2.96. The number of ketones is 1. The van der Waals surface area contributed by atoms with Gasteiger partial charge in [0, 0.05) is 24.9 Å². The topological polar surface area (TPSA) is 29.1 Å². The van der Waals surface area contributed by atoms with Gasteiger partial charge in [0.15, 0.2) is 0 Å². The van der Waals surface area contributed by atoms with Crippen molar-refractivity contribution in [1.82, 2.24) is 5.32 Å². The van der Waals surface area contributed by atoms with Crippen molar-refractivity contribution in [1.29, 1.82) is 0 Å². The molecule has 0 aromatic rings. The Balaban J connectivity index is 2.05. The van der Waals surface area contributed by atoms with Crippen molar-refractivity contribution in [2.75, 3.05) is 6.54 Å². The fourth-order valence-corrected chi connectivity index (χ4v) is 2.33. The first-order chi connectivity index (χ1) is 5.38. The molecular formula is C9H15NO. The van der Waals surface area contributed by atoms with Gasteiger partial charge in [-0.15, -0.1) is 0 Å². The zero-order valence-corrected chi connectivity index (χ0v) is 6.81. The van der Waals surface area contributed by atoms with E-state index in [1.54, 1.807) is 0 Å². The molecule has 0 radical (unpaired) electrons.